The molecule has 0 spiro atoms. The Morgan fingerprint density at radius 3 is 2.12 bits per heavy atom. The van der Waals surface area contributed by atoms with Gasteiger partial charge in [-0.3, -0.25) is 4.72 Å². The zero-order valence-corrected chi connectivity index (χ0v) is 11.2. The van der Waals surface area contributed by atoms with Gasteiger partial charge in [-0.15, -0.1) is 0 Å². The first-order valence-corrected chi connectivity index (χ1v) is 7.57. The molecule has 0 fully saturated rings. The van der Waals surface area contributed by atoms with E-state index in [1.807, 2.05) is 19.1 Å². The Balaban J connectivity index is 2.62. The molecule has 0 saturated heterocycles. The summed E-state index contributed by atoms with van der Waals surface area (Å²) in [6.07, 6.45) is 1.68. The number of hydrogen-bond donors (Lipinski definition) is 2. The molecule has 0 heterocycles. The summed E-state index contributed by atoms with van der Waals surface area (Å²) in [4.78, 5) is 0. The lowest BCUT2D eigenvalue weighted by Crippen LogP contribution is -2.16. The van der Waals surface area contributed by atoms with Crippen molar-refractivity contribution in [1.82, 2.24) is 0 Å². The van der Waals surface area contributed by atoms with Crippen LogP contribution in [-0.2, 0) is 10.0 Å². The van der Waals surface area contributed by atoms with E-state index in [9.17, 15) is 8.42 Å². The van der Waals surface area contributed by atoms with Gasteiger partial charge in [-0.05, 0) is 37.1 Å². The molecule has 17 heavy (non-hydrogen) atoms. The fraction of sp³-hybridized carbons (Fsp3) is 0.500. The Morgan fingerprint density at radius 1 is 1.00 bits per heavy atom. The van der Waals surface area contributed by atoms with Gasteiger partial charge in [0.15, 0.2) is 0 Å². The van der Waals surface area contributed by atoms with Gasteiger partial charge in [0.05, 0.1) is 5.75 Å². The minimum absolute atomic E-state index is 0.156. The molecule has 0 saturated carbocycles. The van der Waals surface area contributed by atoms with E-state index in [-0.39, 0.29) is 5.75 Å². The number of benzene rings is 1. The lowest BCUT2D eigenvalue weighted by Gasteiger charge is -2.08. The maximum atomic E-state index is 11.5. The molecule has 1 rings (SSSR count). The van der Waals surface area contributed by atoms with Crippen LogP contribution < -0.4 is 10.0 Å². The van der Waals surface area contributed by atoms with Crippen LogP contribution in [0.15, 0.2) is 24.3 Å². The van der Waals surface area contributed by atoms with Gasteiger partial charge >= 0.3 is 0 Å². The van der Waals surface area contributed by atoms with Crippen LogP contribution in [0, 0.1) is 0 Å². The molecule has 0 aliphatic heterocycles. The molecule has 0 atom stereocenters. The number of anilines is 2. The molecule has 0 aromatic heterocycles. The molecule has 1 aromatic carbocycles. The fourth-order valence-electron chi connectivity index (χ4n) is 1.42. The highest BCUT2D eigenvalue weighted by Crippen LogP contribution is 2.15. The standard InChI is InChI=1S/C12H20N2O2S/c1-3-9-13-11-5-7-12(8-6-11)14-17(15,16)10-4-2/h5-8,13-14H,3-4,9-10H2,1-2H3. The van der Waals surface area contributed by atoms with Crippen LogP contribution in [0.4, 0.5) is 11.4 Å². The zero-order chi connectivity index (χ0) is 12.7. The van der Waals surface area contributed by atoms with Gasteiger partial charge in [0.25, 0.3) is 0 Å². The summed E-state index contributed by atoms with van der Waals surface area (Å²) in [6.45, 7) is 4.86. The van der Waals surface area contributed by atoms with E-state index in [0.29, 0.717) is 12.1 Å². The lowest BCUT2D eigenvalue weighted by molar-refractivity contribution is 0.600. The average Bonchev–Trinajstić information content (AvgIpc) is 2.27. The molecular formula is C12H20N2O2S. The molecule has 2 N–H and O–H groups in total. The number of sulfonamides is 1. The Bertz CT molecular complexity index is 426. The molecule has 0 unspecified atom stereocenters. The van der Waals surface area contributed by atoms with Crippen molar-refractivity contribution < 1.29 is 8.42 Å². The van der Waals surface area contributed by atoms with Crippen LogP contribution in [0.5, 0.6) is 0 Å². The average molecular weight is 256 g/mol. The first-order valence-electron chi connectivity index (χ1n) is 5.92. The third kappa shape index (κ3) is 5.08. The topological polar surface area (TPSA) is 58.2 Å². The zero-order valence-electron chi connectivity index (χ0n) is 10.4. The molecule has 0 radical (unpaired) electrons. The Kier molecular flexibility index (Phi) is 5.28. The summed E-state index contributed by atoms with van der Waals surface area (Å²) in [5.74, 6) is 0.156. The fourth-order valence-corrected chi connectivity index (χ4v) is 2.56. The van der Waals surface area contributed by atoms with E-state index in [0.717, 1.165) is 18.7 Å². The number of hydrogen-bond acceptors (Lipinski definition) is 3. The van der Waals surface area contributed by atoms with Crippen LogP contribution in [-0.4, -0.2) is 20.7 Å². The normalized spacial score (nSPS) is 11.2. The van der Waals surface area contributed by atoms with Gasteiger partial charge in [0, 0.05) is 17.9 Å². The van der Waals surface area contributed by atoms with E-state index in [1.165, 1.54) is 0 Å². The molecule has 0 bridgehead atoms. The van der Waals surface area contributed by atoms with Crippen molar-refractivity contribution >= 4 is 21.4 Å². The maximum Gasteiger partial charge on any atom is 0.232 e. The third-order valence-electron chi connectivity index (χ3n) is 2.21. The molecular weight excluding hydrogens is 236 g/mol. The molecule has 5 heteroatoms. The summed E-state index contributed by atoms with van der Waals surface area (Å²) in [5.41, 5.74) is 1.62. The smallest absolute Gasteiger partial charge is 0.232 e. The minimum atomic E-state index is -3.18. The van der Waals surface area contributed by atoms with Crippen LogP contribution in [0.2, 0.25) is 0 Å². The van der Waals surface area contributed by atoms with Crippen LogP contribution in [0.1, 0.15) is 26.7 Å². The highest BCUT2D eigenvalue weighted by Gasteiger charge is 2.07. The van der Waals surface area contributed by atoms with Gasteiger partial charge in [0.2, 0.25) is 10.0 Å². The molecule has 0 amide bonds. The minimum Gasteiger partial charge on any atom is -0.385 e. The number of rotatable bonds is 7. The quantitative estimate of drug-likeness (QED) is 0.788. The van der Waals surface area contributed by atoms with Crippen LogP contribution in [0.3, 0.4) is 0 Å². The van der Waals surface area contributed by atoms with Gasteiger partial charge in [-0.2, -0.15) is 0 Å². The van der Waals surface area contributed by atoms with Crippen molar-refractivity contribution in [3.63, 3.8) is 0 Å². The SMILES string of the molecule is CCCNc1ccc(NS(=O)(=O)CCC)cc1. The van der Waals surface area contributed by atoms with Crippen molar-refractivity contribution in [1.29, 1.82) is 0 Å². The third-order valence-corrected chi connectivity index (χ3v) is 3.70. The summed E-state index contributed by atoms with van der Waals surface area (Å²) in [6, 6.07) is 7.29. The Labute approximate surface area is 103 Å². The van der Waals surface area contributed by atoms with Gasteiger partial charge < -0.3 is 5.32 Å². The van der Waals surface area contributed by atoms with Crippen LogP contribution >= 0.6 is 0 Å². The highest BCUT2D eigenvalue weighted by molar-refractivity contribution is 7.92. The van der Waals surface area contributed by atoms with Crippen molar-refractivity contribution in [2.24, 2.45) is 0 Å². The van der Waals surface area contributed by atoms with Crippen molar-refractivity contribution in [2.75, 3.05) is 22.3 Å². The predicted octanol–water partition coefficient (Wildman–Crippen LogP) is 2.66. The van der Waals surface area contributed by atoms with E-state index < -0.39 is 10.0 Å². The Hall–Kier alpha value is -1.23. The van der Waals surface area contributed by atoms with E-state index in [1.54, 1.807) is 12.1 Å². The van der Waals surface area contributed by atoms with Crippen molar-refractivity contribution in [3.05, 3.63) is 24.3 Å². The monoisotopic (exact) mass is 256 g/mol. The maximum absolute atomic E-state index is 11.5. The van der Waals surface area contributed by atoms with Crippen molar-refractivity contribution in [3.8, 4) is 0 Å². The first-order chi connectivity index (χ1) is 8.07. The highest BCUT2D eigenvalue weighted by atomic mass is 32.2. The van der Waals surface area contributed by atoms with Crippen molar-refractivity contribution in [2.45, 2.75) is 26.7 Å². The summed E-state index contributed by atoms with van der Waals surface area (Å²) >= 11 is 0. The van der Waals surface area contributed by atoms with E-state index in [2.05, 4.69) is 17.0 Å². The summed E-state index contributed by atoms with van der Waals surface area (Å²) < 4.78 is 25.6. The summed E-state index contributed by atoms with van der Waals surface area (Å²) in [5, 5.41) is 3.23. The van der Waals surface area contributed by atoms with Gasteiger partial charge in [0.1, 0.15) is 0 Å². The van der Waals surface area contributed by atoms with Gasteiger partial charge in [-0.1, -0.05) is 13.8 Å². The van der Waals surface area contributed by atoms with Gasteiger partial charge in [-0.25, -0.2) is 8.42 Å². The predicted molar refractivity (Wildman–Crippen MR) is 72.9 cm³/mol. The lowest BCUT2D eigenvalue weighted by atomic mass is 10.3. The molecule has 0 aliphatic rings. The number of nitrogens with one attached hydrogen (secondary N) is 2. The molecule has 0 aliphatic carbocycles. The second-order valence-electron chi connectivity index (χ2n) is 3.93. The second kappa shape index (κ2) is 6.49. The summed E-state index contributed by atoms with van der Waals surface area (Å²) in [7, 11) is -3.18. The molecule has 96 valence electrons. The van der Waals surface area contributed by atoms with Crippen LogP contribution in [0.25, 0.3) is 0 Å². The largest absolute Gasteiger partial charge is 0.385 e. The first kappa shape index (κ1) is 13.8. The van der Waals surface area contributed by atoms with E-state index >= 15 is 0 Å². The second-order valence-corrected chi connectivity index (χ2v) is 5.77. The molecule has 4 nitrogen and oxygen atoms in total. The van der Waals surface area contributed by atoms with E-state index in [4.69, 9.17) is 0 Å². The molecule has 1 aromatic rings. The Morgan fingerprint density at radius 2 is 1.59 bits per heavy atom.